The Balaban J connectivity index is 2.48. The minimum Gasteiger partial charge on any atom is -0.481 e. The largest absolute Gasteiger partial charge is 0.481 e. The highest BCUT2D eigenvalue weighted by molar-refractivity contribution is 5.77. The molecule has 0 radical (unpaired) electrons. The SMILES string of the molecule is CO/C(N)=C(\N)C=NC1CCN(C(C)(C)C)CC1. The molecule has 0 unspecified atom stereocenters. The van der Waals surface area contributed by atoms with E-state index >= 15 is 0 Å². The number of hydrogen-bond donors (Lipinski definition) is 2. The van der Waals surface area contributed by atoms with Gasteiger partial charge in [-0.05, 0) is 33.6 Å². The Kier molecular flexibility index (Phi) is 5.02. The van der Waals surface area contributed by atoms with Gasteiger partial charge in [0.1, 0.15) is 5.70 Å². The van der Waals surface area contributed by atoms with Gasteiger partial charge in [0.15, 0.2) is 0 Å². The molecule has 1 saturated heterocycles. The van der Waals surface area contributed by atoms with Crippen LogP contribution in [0.2, 0.25) is 0 Å². The van der Waals surface area contributed by atoms with Crippen molar-refractivity contribution < 1.29 is 4.74 Å². The molecule has 1 rings (SSSR count). The molecule has 0 aliphatic carbocycles. The summed E-state index contributed by atoms with van der Waals surface area (Å²) in [6.07, 6.45) is 3.75. The Morgan fingerprint density at radius 1 is 1.28 bits per heavy atom. The van der Waals surface area contributed by atoms with Gasteiger partial charge in [-0.1, -0.05) is 0 Å². The van der Waals surface area contributed by atoms with Crippen LogP contribution in [0.25, 0.3) is 0 Å². The lowest BCUT2D eigenvalue weighted by Gasteiger charge is -2.40. The third kappa shape index (κ3) is 4.22. The molecule has 0 amide bonds. The van der Waals surface area contributed by atoms with E-state index in [1.54, 1.807) is 6.21 Å². The highest BCUT2D eigenvalue weighted by Crippen LogP contribution is 2.21. The lowest BCUT2D eigenvalue weighted by molar-refractivity contribution is 0.103. The Bertz CT molecular complexity index is 322. The number of likely N-dealkylation sites (tertiary alicyclic amines) is 1. The molecule has 0 aromatic carbocycles. The maximum absolute atomic E-state index is 5.71. The van der Waals surface area contributed by atoms with Crippen LogP contribution < -0.4 is 11.5 Å². The summed E-state index contributed by atoms with van der Waals surface area (Å²) in [4.78, 5) is 6.96. The van der Waals surface area contributed by atoms with Gasteiger partial charge in [0.25, 0.3) is 0 Å². The first-order valence-corrected chi connectivity index (χ1v) is 6.42. The van der Waals surface area contributed by atoms with Gasteiger partial charge in [0.05, 0.1) is 13.2 Å². The lowest BCUT2D eigenvalue weighted by atomic mass is 9.98. The van der Waals surface area contributed by atoms with E-state index in [-0.39, 0.29) is 11.4 Å². The molecule has 0 atom stereocenters. The van der Waals surface area contributed by atoms with Gasteiger partial charge in [0, 0.05) is 24.8 Å². The van der Waals surface area contributed by atoms with Crippen LogP contribution in [0, 0.1) is 0 Å². The van der Waals surface area contributed by atoms with Crippen molar-refractivity contribution in [2.45, 2.75) is 45.2 Å². The fraction of sp³-hybridized carbons (Fsp3) is 0.769. The average Bonchev–Trinajstić information content (AvgIpc) is 2.34. The first kappa shape index (κ1) is 14.8. The highest BCUT2D eigenvalue weighted by Gasteiger charge is 2.26. The van der Waals surface area contributed by atoms with E-state index < -0.39 is 0 Å². The third-order valence-electron chi connectivity index (χ3n) is 3.34. The lowest BCUT2D eigenvalue weighted by Crippen LogP contribution is -2.46. The van der Waals surface area contributed by atoms with Crippen LogP contribution >= 0.6 is 0 Å². The molecule has 0 aromatic heterocycles. The maximum atomic E-state index is 5.71. The molecule has 0 saturated carbocycles. The zero-order valence-corrected chi connectivity index (χ0v) is 11.9. The molecule has 5 nitrogen and oxygen atoms in total. The predicted molar refractivity (Wildman–Crippen MR) is 75.2 cm³/mol. The monoisotopic (exact) mass is 254 g/mol. The van der Waals surface area contributed by atoms with Crippen molar-refractivity contribution in [1.82, 2.24) is 4.90 Å². The summed E-state index contributed by atoms with van der Waals surface area (Å²) in [6, 6.07) is 0.340. The first-order chi connectivity index (χ1) is 8.34. The molecule has 4 N–H and O–H groups in total. The summed E-state index contributed by atoms with van der Waals surface area (Å²) in [5.74, 6) is 0.228. The number of nitrogens with two attached hydrogens (primary N) is 2. The summed E-state index contributed by atoms with van der Waals surface area (Å²) in [5.41, 5.74) is 11.9. The van der Waals surface area contributed by atoms with Crippen molar-refractivity contribution >= 4 is 6.21 Å². The van der Waals surface area contributed by atoms with Gasteiger partial charge < -0.3 is 16.2 Å². The van der Waals surface area contributed by atoms with E-state index in [4.69, 9.17) is 16.2 Å². The molecular weight excluding hydrogens is 228 g/mol. The van der Waals surface area contributed by atoms with Crippen LogP contribution in [-0.2, 0) is 4.74 Å². The van der Waals surface area contributed by atoms with Crippen LogP contribution in [0.3, 0.4) is 0 Å². The molecule has 0 bridgehead atoms. The number of ether oxygens (including phenoxy) is 1. The van der Waals surface area contributed by atoms with Crippen LogP contribution in [-0.4, -0.2) is 42.9 Å². The average molecular weight is 254 g/mol. The Morgan fingerprint density at radius 2 is 1.83 bits per heavy atom. The van der Waals surface area contributed by atoms with Gasteiger partial charge in [-0.2, -0.15) is 0 Å². The number of piperidine rings is 1. The Labute approximate surface area is 110 Å². The van der Waals surface area contributed by atoms with E-state index in [0.717, 1.165) is 25.9 Å². The molecule has 1 aliphatic heterocycles. The van der Waals surface area contributed by atoms with Crippen molar-refractivity contribution in [2.24, 2.45) is 16.5 Å². The van der Waals surface area contributed by atoms with Crippen molar-refractivity contribution in [3.8, 4) is 0 Å². The smallest absolute Gasteiger partial charge is 0.209 e. The van der Waals surface area contributed by atoms with E-state index in [1.165, 1.54) is 7.11 Å². The van der Waals surface area contributed by atoms with Crippen LogP contribution in [0.15, 0.2) is 16.6 Å². The molecule has 5 heteroatoms. The minimum atomic E-state index is 0.228. The fourth-order valence-electron chi connectivity index (χ4n) is 2.05. The normalized spacial score (nSPS) is 21.1. The topological polar surface area (TPSA) is 76.9 Å². The molecule has 1 aliphatic rings. The Morgan fingerprint density at radius 3 is 2.28 bits per heavy atom. The zero-order chi connectivity index (χ0) is 13.8. The summed E-state index contributed by atoms with van der Waals surface area (Å²) >= 11 is 0. The Hall–Kier alpha value is -1.23. The standard InChI is InChI=1S/C13H26N4O/c1-13(2,3)17-7-5-10(6-8-17)16-9-11(14)12(15)18-4/h9-10H,5-8,14-15H2,1-4H3/b12-11-,16-9?. The number of methoxy groups -OCH3 is 1. The van der Waals surface area contributed by atoms with E-state index in [2.05, 4.69) is 30.7 Å². The van der Waals surface area contributed by atoms with Crippen LogP contribution in [0.5, 0.6) is 0 Å². The third-order valence-corrected chi connectivity index (χ3v) is 3.34. The number of rotatable bonds is 3. The number of allylic oxidation sites excluding steroid dienone is 1. The van der Waals surface area contributed by atoms with Gasteiger partial charge in [-0.15, -0.1) is 0 Å². The summed E-state index contributed by atoms with van der Waals surface area (Å²) < 4.78 is 4.85. The van der Waals surface area contributed by atoms with Crippen LogP contribution in [0.1, 0.15) is 33.6 Å². The molecule has 0 aromatic rings. The number of hydrogen-bond acceptors (Lipinski definition) is 5. The predicted octanol–water partition coefficient (Wildman–Crippen LogP) is 1.05. The van der Waals surface area contributed by atoms with Crippen molar-refractivity contribution in [3.63, 3.8) is 0 Å². The van der Waals surface area contributed by atoms with Crippen molar-refractivity contribution in [1.29, 1.82) is 0 Å². The van der Waals surface area contributed by atoms with Gasteiger partial charge >= 0.3 is 0 Å². The molecular formula is C13H26N4O. The van der Waals surface area contributed by atoms with Gasteiger partial charge in [-0.3, -0.25) is 9.89 Å². The second-order valence-electron chi connectivity index (χ2n) is 5.69. The first-order valence-electron chi connectivity index (χ1n) is 6.42. The van der Waals surface area contributed by atoms with E-state index in [1.807, 2.05) is 0 Å². The molecule has 18 heavy (non-hydrogen) atoms. The van der Waals surface area contributed by atoms with Gasteiger partial charge in [-0.25, -0.2) is 0 Å². The van der Waals surface area contributed by atoms with Crippen LogP contribution in [0.4, 0.5) is 0 Å². The molecule has 1 heterocycles. The second-order valence-corrected chi connectivity index (χ2v) is 5.69. The maximum Gasteiger partial charge on any atom is 0.209 e. The van der Waals surface area contributed by atoms with Crippen molar-refractivity contribution in [2.75, 3.05) is 20.2 Å². The van der Waals surface area contributed by atoms with Gasteiger partial charge in [0.2, 0.25) is 5.88 Å². The molecule has 104 valence electrons. The fourth-order valence-corrected chi connectivity index (χ4v) is 2.05. The summed E-state index contributed by atoms with van der Waals surface area (Å²) in [5, 5.41) is 0. The van der Waals surface area contributed by atoms with E-state index in [0.29, 0.717) is 11.7 Å². The number of aliphatic imine (C=N–C) groups is 1. The molecule has 0 spiro atoms. The molecule has 1 fully saturated rings. The van der Waals surface area contributed by atoms with E-state index in [9.17, 15) is 0 Å². The van der Waals surface area contributed by atoms with Crippen molar-refractivity contribution in [3.05, 3.63) is 11.6 Å². The number of nitrogens with zero attached hydrogens (tertiary/aromatic N) is 2. The second kappa shape index (κ2) is 6.09. The zero-order valence-electron chi connectivity index (χ0n) is 11.9. The minimum absolute atomic E-state index is 0.228. The quantitative estimate of drug-likeness (QED) is 0.583. The summed E-state index contributed by atoms with van der Waals surface area (Å²) in [7, 11) is 1.50. The summed E-state index contributed by atoms with van der Waals surface area (Å²) in [6.45, 7) is 8.90. The highest BCUT2D eigenvalue weighted by atomic mass is 16.5.